The second kappa shape index (κ2) is 6.06. The first-order valence-electron chi connectivity index (χ1n) is 4.15. The lowest BCUT2D eigenvalue weighted by Gasteiger charge is -2.27. The van der Waals surface area contributed by atoms with Gasteiger partial charge in [-0.1, -0.05) is 25.4 Å². The fourth-order valence-corrected chi connectivity index (χ4v) is 1.81. The van der Waals surface area contributed by atoms with Gasteiger partial charge in [0.15, 0.2) is 0 Å². The SMILES string of the molecule is BCC(CC)(CC=CC)OI. The van der Waals surface area contributed by atoms with Crippen molar-refractivity contribution in [2.75, 3.05) is 0 Å². The van der Waals surface area contributed by atoms with Gasteiger partial charge < -0.3 is 3.07 Å². The quantitative estimate of drug-likeness (QED) is 0.422. The molecule has 0 saturated heterocycles. The van der Waals surface area contributed by atoms with E-state index in [4.69, 9.17) is 3.07 Å². The predicted octanol–water partition coefficient (Wildman–Crippen LogP) is 2.52. The van der Waals surface area contributed by atoms with Gasteiger partial charge in [-0.05, 0) is 19.8 Å². The Balaban J connectivity index is 4.04. The minimum absolute atomic E-state index is 0.0765. The van der Waals surface area contributed by atoms with Crippen molar-refractivity contribution in [1.29, 1.82) is 0 Å². The van der Waals surface area contributed by atoms with E-state index >= 15 is 0 Å². The van der Waals surface area contributed by atoms with Gasteiger partial charge in [-0.25, -0.2) is 0 Å². The van der Waals surface area contributed by atoms with E-state index in [1.54, 1.807) is 0 Å². The molecule has 0 aromatic carbocycles. The highest BCUT2D eigenvalue weighted by Gasteiger charge is 2.24. The number of halogens is 1. The summed E-state index contributed by atoms with van der Waals surface area (Å²) in [5.41, 5.74) is 0.0765. The molecule has 0 aromatic heterocycles. The van der Waals surface area contributed by atoms with Crippen LogP contribution in [0.15, 0.2) is 12.2 Å². The maximum absolute atomic E-state index is 5.46. The van der Waals surface area contributed by atoms with E-state index in [0.29, 0.717) is 0 Å². The average molecular weight is 266 g/mol. The highest BCUT2D eigenvalue weighted by atomic mass is 127. The maximum Gasteiger partial charge on any atom is 0.110 e. The van der Waals surface area contributed by atoms with E-state index in [2.05, 4.69) is 26.9 Å². The molecule has 0 aliphatic rings. The topological polar surface area (TPSA) is 9.23 Å². The zero-order valence-electron chi connectivity index (χ0n) is 7.56. The third-order valence-corrected chi connectivity index (χ3v) is 3.11. The van der Waals surface area contributed by atoms with Crippen molar-refractivity contribution in [1.82, 2.24) is 0 Å². The van der Waals surface area contributed by atoms with Crippen molar-refractivity contribution < 1.29 is 3.07 Å². The van der Waals surface area contributed by atoms with E-state index in [1.165, 1.54) is 0 Å². The van der Waals surface area contributed by atoms with Gasteiger partial charge in [-0.2, -0.15) is 0 Å². The molecule has 0 saturated carbocycles. The molecule has 11 heavy (non-hydrogen) atoms. The molecule has 0 rings (SSSR count). The van der Waals surface area contributed by atoms with E-state index in [-0.39, 0.29) is 5.60 Å². The van der Waals surface area contributed by atoms with Gasteiger partial charge in [0.25, 0.3) is 0 Å². The minimum atomic E-state index is 0.0765. The van der Waals surface area contributed by atoms with Crippen LogP contribution in [-0.4, -0.2) is 13.4 Å². The van der Waals surface area contributed by atoms with Crippen LogP contribution < -0.4 is 0 Å². The monoisotopic (exact) mass is 266 g/mol. The lowest BCUT2D eigenvalue weighted by molar-refractivity contribution is 0.148. The van der Waals surface area contributed by atoms with Crippen LogP contribution in [0.3, 0.4) is 0 Å². The molecule has 64 valence electrons. The first kappa shape index (κ1) is 11.5. The summed E-state index contributed by atoms with van der Waals surface area (Å²) >= 11 is 2.01. The first-order valence-corrected chi connectivity index (χ1v) is 5.03. The van der Waals surface area contributed by atoms with Crippen molar-refractivity contribution in [3.63, 3.8) is 0 Å². The van der Waals surface area contributed by atoms with Gasteiger partial charge in [0.1, 0.15) is 30.9 Å². The minimum Gasteiger partial charge on any atom is -0.310 e. The summed E-state index contributed by atoms with van der Waals surface area (Å²) in [6, 6.07) is 0. The van der Waals surface area contributed by atoms with Gasteiger partial charge in [0.05, 0.1) is 5.60 Å². The zero-order valence-corrected chi connectivity index (χ0v) is 9.72. The summed E-state index contributed by atoms with van der Waals surface area (Å²) in [7, 11) is 2.17. The maximum atomic E-state index is 5.46. The summed E-state index contributed by atoms with van der Waals surface area (Å²) in [4.78, 5) is 0. The third-order valence-electron chi connectivity index (χ3n) is 2.18. The summed E-state index contributed by atoms with van der Waals surface area (Å²) in [6.07, 6.45) is 7.44. The molecule has 1 atom stereocenters. The van der Waals surface area contributed by atoms with Crippen LogP contribution in [0.5, 0.6) is 0 Å². The summed E-state index contributed by atoms with van der Waals surface area (Å²) in [5, 5.41) is 0. The molecule has 0 fully saturated rings. The Morgan fingerprint density at radius 1 is 1.64 bits per heavy atom. The van der Waals surface area contributed by atoms with Crippen LogP contribution in [0.25, 0.3) is 0 Å². The third kappa shape index (κ3) is 3.60. The van der Waals surface area contributed by atoms with Gasteiger partial charge in [0.2, 0.25) is 0 Å². The molecule has 0 aromatic rings. The van der Waals surface area contributed by atoms with Crippen molar-refractivity contribution in [2.45, 2.75) is 38.6 Å². The lowest BCUT2D eigenvalue weighted by Crippen LogP contribution is -2.26. The van der Waals surface area contributed by atoms with E-state index < -0.39 is 0 Å². The molecule has 1 unspecified atom stereocenters. The standard InChI is InChI=1S/C8H16BIO/c1-3-5-6-8(4-2,7-9)11-10/h3,5H,4,6-7,9H2,1-2H3. The van der Waals surface area contributed by atoms with Crippen LogP contribution in [0.4, 0.5) is 0 Å². The Labute approximate surface area is 84.7 Å². The zero-order chi connectivity index (χ0) is 8.74. The largest absolute Gasteiger partial charge is 0.310 e. The lowest BCUT2D eigenvalue weighted by atomic mass is 9.82. The first-order chi connectivity index (χ1) is 5.24. The van der Waals surface area contributed by atoms with Crippen LogP contribution in [-0.2, 0) is 3.07 Å². The molecule has 0 spiro atoms. The van der Waals surface area contributed by atoms with Crippen molar-refractivity contribution >= 4 is 30.9 Å². The Morgan fingerprint density at radius 2 is 2.27 bits per heavy atom. The molecule has 0 amide bonds. The van der Waals surface area contributed by atoms with Crippen molar-refractivity contribution in [2.24, 2.45) is 0 Å². The number of allylic oxidation sites excluding steroid dienone is 1. The molecule has 0 aliphatic heterocycles. The van der Waals surface area contributed by atoms with E-state index in [0.717, 1.165) is 19.2 Å². The fraction of sp³-hybridized carbons (Fsp3) is 0.750. The smallest absolute Gasteiger partial charge is 0.110 e. The van der Waals surface area contributed by atoms with Crippen LogP contribution in [0.2, 0.25) is 6.32 Å². The van der Waals surface area contributed by atoms with E-state index in [1.807, 2.05) is 29.9 Å². The Morgan fingerprint density at radius 3 is 2.55 bits per heavy atom. The van der Waals surface area contributed by atoms with Crippen LogP contribution in [0.1, 0.15) is 26.7 Å². The van der Waals surface area contributed by atoms with Crippen molar-refractivity contribution in [3.8, 4) is 0 Å². The molecule has 0 aliphatic carbocycles. The van der Waals surface area contributed by atoms with Crippen molar-refractivity contribution in [3.05, 3.63) is 12.2 Å². The summed E-state index contributed by atoms with van der Waals surface area (Å²) in [5.74, 6) is 0. The van der Waals surface area contributed by atoms with Crippen LogP contribution in [0, 0.1) is 0 Å². The molecular weight excluding hydrogens is 250 g/mol. The molecule has 0 radical (unpaired) electrons. The summed E-state index contributed by atoms with van der Waals surface area (Å²) in [6.45, 7) is 4.22. The molecule has 0 heterocycles. The van der Waals surface area contributed by atoms with Gasteiger partial charge in [-0.3, -0.25) is 0 Å². The second-order valence-corrected chi connectivity index (χ2v) is 3.18. The normalized spacial score (nSPS) is 17.0. The molecule has 3 heteroatoms. The number of hydrogen-bond donors (Lipinski definition) is 0. The Kier molecular flexibility index (Phi) is 6.33. The van der Waals surface area contributed by atoms with Gasteiger partial charge in [0, 0.05) is 0 Å². The molecule has 1 nitrogen and oxygen atoms in total. The fourth-order valence-electron chi connectivity index (χ4n) is 1.01. The number of rotatable bonds is 5. The highest BCUT2D eigenvalue weighted by molar-refractivity contribution is 14.1. The molecule has 0 bridgehead atoms. The Hall–Kier alpha value is 0.495. The van der Waals surface area contributed by atoms with Gasteiger partial charge in [-0.15, -0.1) is 0 Å². The predicted molar refractivity (Wildman–Crippen MR) is 60.9 cm³/mol. The van der Waals surface area contributed by atoms with Crippen LogP contribution >= 0.6 is 23.0 Å². The number of hydrogen-bond acceptors (Lipinski definition) is 1. The average Bonchev–Trinajstić information content (AvgIpc) is 2.08. The molecule has 0 N–H and O–H groups in total. The highest BCUT2D eigenvalue weighted by Crippen LogP contribution is 2.27. The van der Waals surface area contributed by atoms with E-state index in [9.17, 15) is 0 Å². The molecular formula is C8H16BIO. The van der Waals surface area contributed by atoms with Gasteiger partial charge >= 0.3 is 0 Å². The second-order valence-electron chi connectivity index (χ2n) is 2.74. The Bertz CT molecular complexity index is 113. The summed E-state index contributed by atoms with van der Waals surface area (Å²) < 4.78 is 5.46.